The number of rotatable bonds is 3. The van der Waals surface area contributed by atoms with Crippen molar-refractivity contribution >= 4 is 12.0 Å². The minimum atomic E-state index is -0.787. The van der Waals surface area contributed by atoms with Gasteiger partial charge in [0.05, 0.1) is 6.42 Å². The van der Waals surface area contributed by atoms with Gasteiger partial charge in [-0.05, 0) is 12.5 Å². The molecule has 0 radical (unpaired) electrons. The minimum Gasteiger partial charge on any atom is -0.481 e. The van der Waals surface area contributed by atoms with Gasteiger partial charge in [0.25, 0.3) is 0 Å². The third-order valence-electron chi connectivity index (χ3n) is 1.64. The summed E-state index contributed by atoms with van der Waals surface area (Å²) in [5.74, 6) is -0.787. The van der Waals surface area contributed by atoms with Crippen LogP contribution in [0.15, 0.2) is 35.9 Å². The Balaban J connectivity index is 2.71. The molecule has 0 aliphatic carbocycles. The highest BCUT2D eigenvalue weighted by Gasteiger charge is 1.97. The average Bonchev–Trinajstić information content (AvgIpc) is 2.04. The molecule has 0 fully saturated rings. The lowest BCUT2D eigenvalue weighted by atomic mass is 10.1. The van der Waals surface area contributed by atoms with Gasteiger partial charge in [0.15, 0.2) is 0 Å². The second-order valence-corrected chi connectivity index (χ2v) is 2.97. The van der Waals surface area contributed by atoms with Crippen LogP contribution in [0.2, 0.25) is 0 Å². The number of carboxylic acid groups (broad SMARTS) is 1. The molecule has 0 unspecified atom stereocenters. The summed E-state index contributed by atoms with van der Waals surface area (Å²) in [6, 6.07) is 9.69. The van der Waals surface area contributed by atoms with E-state index in [2.05, 4.69) is 0 Å². The molecular weight excluding hydrogens is 164 g/mol. The van der Waals surface area contributed by atoms with Gasteiger partial charge in [-0.15, -0.1) is 0 Å². The van der Waals surface area contributed by atoms with Crippen molar-refractivity contribution in [2.75, 3.05) is 0 Å². The van der Waals surface area contributed by atoms with E-state index in [9.17, 15) is 4.79 Å². The zero-order valence-electron chi connectivity index (χ0n) is 7.53. The van der Waals surface area contributed by atoms with Crippen molar-refractivity contribution in [3.63, 3.8) is 0 Å². The smallest absolute Gasteiger partial charge is 0.307 e. The highest BCUT2D eigenvalue weighted by molar-refractivity contribution is 5.72. The van der Waals surface area contributed by atoms with Gasteiger partial charge < -0.3 is 5.11 Å². The maximum atomic E-state index is 10.4. The molecule has 2 nitrogen and oxygen atoms in total. The molecule has 0 amide bonds. The van der Waals surface area contributed by atoms with Gasteiger partial charge in [0.2, 0.25) is 0 Å². The number of hydrogen-bond donors (Lipinski definition) is 1. The van der Waals surface area contributed by atoms with E-state index in [-0.39, 0.29) is 6.42 Å². The fourth-order valence-corrected chi connectivity index (χ4v) is 1.12. The van der Waals surface area contributed by atoms with Crippen LogP contribution in [0, 0.1) is 0 Å². The van der Waals surface area contributed by atoms with Crippen molar-refractivity contribution in [2.45, 2.75) is 13.3 Å². The third kappa shape index (κ3) is 3.56. The zero-order chi connectivity index (χ0) is 9.68. The molecule has 0 bridgehead atoms. The van der Waals surface area contributed by atoms with E-state index < -0.39 is 5.97 Å². The first kappa shape index (κ1) is 9.52. The Morgan fingerprint density at radius 3 is 2.54 bits per heavy atom. The summed E-state index contributed by atoms with van der Waals surface area (Å²) in [6.07, 6.45) is 1.99. The number of carbonyl (C=O) groups is 1. The molecule has 0 spiro atoms. The SMILES string of the molecule is C/C(=C/c1ccccc1)CC(=O)O. The van der Waals surface area contributed by atoms with Crippen LogP contribution in [-0.4, -0.2) is 11.1 Å². The van der Waals surface area contributed by atoms with E-state index in [0.717, 1.165) is 11.1 Å². The molecule has 1 rings (SSSR count). The summed E-state index contributed by atoms with van der Waals surface area (Å²) in [4.78, 5) is 10.4. The maximum Gasteiger partial charge on any atom is 0.307 e. The van der Waals surface area contributed by atoms with Crippen LogP contribution in [0.5, 0.6) is 0 Å². The Morgan fingerprint density at radius 2 is 2.00 bits per heavy atom. The maximum absolute atomic E-state index is 10.4. The first-order chi connectivity index (χ1) is 6.18. The van der Waals surface area contributed by atoms with Gasteiger partial charge in [-0.25, -0.2) is 0 Å². The van der Waals surface area contributed by atoms with Gasteiger partial charge in [-0.3, -0.25) is 4.79 Å². The quantitative estimate of drug-likeness (QED) is 0.768. The van der Waals surface area contributed by atoms with E-state index in [1.807, 2.05) is 43.3 Å². The van der Waals surface area contributed by atoms with Crippen molar-refractivity contribution in [1.82, 2.24) is 0 Å². The predicted molar refractivity (Wildman–Crippen MR) is 52.3 cm³/mol. The molecule has 1 N–H and O–H groups in total. The normalized spacial score (nSPS) is 11.3. The third-order valence-corrected chi connectivity index (χ3v) is 1.64. The van der Waals surface area contributed by atoms with Gasteiger partial charge in [0, 0.05) is 0 Å². The van der Waals surface area contributed by atoms with E-state index in [4.69, 9.17) is 5.11 Å². The molecule has 0 aromatic heterocycles. The van der Waals surface area contributed by atoms with Crippen LogP contribution in [0.4, 0.5) is 0 Å². The Morgan fingerprint density at radius 1 is 1.38 bits per heavy atom. The summed E-state index contributed by atoms with van der Waals surface area (Å²) >= 11 is 0. The molecule has 1 aromatic carbocycles. The van der Waals surface area contributed by atoms with Crippen molar-refractivity contribution in [2.24, 2.45) is 0 Å². The zero-order valence-corrected chi connectivity index (χ0v) is 7.53. The Hall–Kier alpha value is -1.57. The molecule has 1 aromatic rings. The van der Waals surface area contributed by atoms with Gasteiger partial charge in [-0.1, -0.05) is 42.0 Å². The summed E-state index contributed by atoms with van der Waals surface area (Å²) in [6.45, 7) is 1.82. The first-order valence-electron chi connectivity index (χ1n) is 4.12. The van der Waals surface area contributed by atoms with Crippen molar-refractivity contribution in [1.29, 1.82) is 0 Å². The second-order valence-electron chi connectivity index (χ2n) is 2.97. The number of hydrogen-bond acceptors (Lipinski definition) is 1. The van der Waals surface area contributed by atoms with E-state index in [0.29, 0.717) is 0 Å². The lowest BCUT2D eigenvalue weighted by molar-refractivity contribution is -0.136. The molecule has 0 heterocycles. The lowest BCUT2D eigenvalue weighted by Crippen LogP contribution is -1.94. The Kier molecular flexibility index (Phi) is 3.26. The summed E-state index contributed by atoms with van der Waals surface area (Å²) in [5, 5.41) is 8.52. The number of aliphatic carboxylic acids is 1. The molecular formula is C11H12O2. The lowest BCUT2D eigenvalue weighted by Gasteiger charge is -1.96. The van der Waals surface area contributed by atoms with E-state index in [1.54, 1.807) is 0 Å². The number of carboxylic acids is 1. The van der Waals surface area contributed by atoms with Crippen molar-refractivity contribution in [3.05, 3.63) is 41.5 Å². The monoisotopic (exact) mass is 176 g/mol. The molecule has 2 heteroatoms. The van der Waals surface area contributed by atoms with Gasteiger partial charge >= 0.3 is 5.97 Å². The Bertz CT molecular complexity index is 312. The Labute approximate surface area is 77.5 Å². The van der Waals surface area contributed by atoms with Gasteiger partial charge in [0.1, 0.15) is 0 Å². The predicted octanol–water partition coefficient (Wildman–Crippen LogP) is 2.56. The summed E-state index contributed by atoms with van der Waals surface area (Å²) in [5.41, 5.74) is 1.90. The molecule has 0 saturated heterocycles. The summed E-state index contributed by atoms with van der Waals surface area (Å²) in [7, 11) is 0. The van der Waals surface area contributed by atoms with Crippen LogP contribution in [-0.2, 0) is 4.79 Å². The van der Waals surface area contributed by atoms with Crippen LogP contribution >= 0.6 is 0 Å². The fraction of sp³-hybridized carbons (Fsp3) is 0.182. The van der Waals surface area contributed by atoms with Crippen molar-refractivity contribution < 1.29 is 9.90 Å². The van der Waals surface area contributed by atoms with Crippen LogP contribution in [0.25, 0.3) is 6.08 Å². The highest BCUT2D eigenvalue weighted by Crippen LogP contribution is 2.08. The second kappa shape index (κ2) is 4.45. The van der Waals surface area contributed by atoms with Crippen molar-refractivity contribution in [3.8, 4) is 0 Å². The van der Waals surface area contributed by atoms with E-state index in [1.165, 1.54) is 0 Å². The van der Waals surface area contributed by atoms with Gasteiger partial charge in [-0.2, -0.15) is 0 Å². The largest absolute Gasteiger partial charge is 0.481 e. The van der Waals surface area contributed by atoms with E-state index >= 15 is 0 Å². The molecule has 0 aliphatic heterocycles. The molecule has 0 saturated carbocycles. The molecule has 68 valence electrons. The number of benzene rings is 1. The first-order valence-corrected chi connectivity index (χ1v) is 4.12. The molecule has 0 atom stereocenters. The van der Waals surface area contributed by atoms with Crippen LogP contribution in [0.3, 0.4) is 0 Å². The average molecular weight is 176 g/mol. The molecule has 0 aliphatic rings. The van der Waals surface area contributed by atoms with Crippen LogP contribution < -0.4 is 0 Å². The summed E-state index contributed by atoms with van der Waals surface area (Å²) < 4.78 is 0. The molecule has 13 heavy (non-hydrogen) atoms. The fourth-order valence-electron chi connectivity index (χ4n) is 1.12. The standard InChI is InChI=1S/C11H12O2/c1-9(8-11(12)13)7-10-5-3-2-4-6-10/h2-7H,8H2,1H3,(H,12,13)/b9-7-. The minimum absolute atomic E-state index is 0.106. The highest BCUT2D eigenvalue weighted by atomic mass is 16.4. The van der Waals surface area contributed by atoms with Crippen LogP contribution in [0.1, 0.15) is 18.9 Å². The topological polar surface area (TPSA) is 37.3 Å².